The number of nitrogens with one attached hydrogen (secondary N) is 5. The molecule has 0 spiro atoms. The minimum Gasteiger partial charge on any atom is -0.494 e. The molecule has 60 heavy (non-hydrogen) atoms. The van der Waals surface area contributed by atoms with Crippen LogP contribution in [-0.2, 0) is 41.7 Å². The van der Waals surface area contributed by atoms with Crippen molar-refractivity contribution in [1.29, 1.82) is 0 Å². The largest absolute Gasteiger partial charge is 0.494 e. The van der Waals surface area contributed by atoms with Gasteiger partial charge in [-0.1, -0.05) is 0 Å². The van der Waals surface area contributed by atoms with Gasteiger partial charge >= 0.3 is 11.9 Å². The number of ether oxygens (including phenoxy) is 2. The van der Waals surface area contributed by atoms with Crippen LogP contribution in [-0.4, -0.2) is 119 Å². The number of aromatic nitrogens is 5. The van der Waals surface area contributed by atoms with E-state index in [4.69, 9.17) is 15.2 Å². The maximum atomic E-state index is 12.9. The van der Waals surface area contributed by atoms with Crippen LogP contribution in [0.5, 0.6) is 11.8 Å². The standard InChI is InChI=1S/C37H46N10O12S/c1-39-30(50)20-9-11-37(58-2,12-10-20)59-14-13-47-27(49)15-25(33(47)53)60-18-24(35(56)57)43-26(48)8-7-23(34(54)55)44-31(51)19-3-5-21(6-4-19)40-16-22-17-41-29-28(42-22)32(52)46-36(38)45-29/h3-6,15,17,20,23-24,40,49,53H,7-14,16,18H2,1-2H3,(H,39,50)(H,43,48)(H,44,51)(H,54,55)(H,56,57)(H3,38,41,45,46,52)/t20?,23-,24-,37?/m0/s1. The molecule has 1 saturated carbocycles. The molecule has 11 N–H and O–H groups in total. The molecule has 0 saturated heterocycles. The molecule has 1 aliphatic rings. The Bertz CT molecular complexity index is 2260. The second-order valence-electron chi connectivity index (χ2n) is 13.8. The molecule has 0 bridgehead atoms. The van der Waals surface area contributed by atoms with E-state index in [9.17, 15) is 49.2 Å². The summed E-state index contributed by atoms with van der Waals surface area (Å²) < 4.78 is 12.8. The minimum absolute atomic E-state index is 0.0162. The molecular formula is C37H46N10O12S. The summed E-state index contributed by atoms with van der Waals surface area (Å²) in [5, 5.41) is 51.2. The van der Waals surface area contributed by atoms with Gasteiger partial charge in [-0.3, -0.25) is 28.7 Å². The lowest BCUT2D eigenvalue weighted by Crippen LogP contribution is -2.44. The number of hydrogen-bond donors (Lipinski definition) is 10. The zero-order valence-electron chi connectivity index (χ0n) is 32.6. The third-order valence-corrected chi connectivity index (χ3v) is 10.9. The molecule has 22 nitrogen and oxygen atoms in total. The average Bonchev–Trinajstić information content (AvgIpc) is 3.50. The number of carbonyl (C=O) groups is 5. The number of carboxylic acids is 2. The van der Waals surface area contributed by atoms with Gasteiger partial charge in [0.05, 0.1) is 36.5 Å². The topological polar surface area (TPSA) is 335 Å². The summed E-state index contributed by atoms with van der Waals surface area (Å²) in [6.45, 7) is 0.229. The number of benzene rings is 1. The number of carbonyl (C=O) groups excluding carboxylic acids is 3. The number of aliphatic carboxylic acids is 2. The Morgan fingerprint density at radius 3 is 2.40 bits per heavy atom. The SMILES string of the molecule is CNC(=O)C1CCC(OC)(OCCn2c(O)cc(SC[C@H](NC(=O)CC[C@H](NC(=O)c3ccc(NCc4cnc5nc(N)[nH]c(=O)c5n4)cc3)C(=O)O)C(=O)O)c2O)CC1. The molecule has 0 radical (unpaired) electrons. The first-order chi connectivity index (χ1) is 28.6. The van der Waals surface area contributed by atoms with Gasteiger partial charge in [0.2, 0.25) is 23.6 Å². The van der Waals surface area contributed by atoms with Crippen molar-refractivity contribution in [2.75, 3.05) is 37.6 Å². The lowest BCUT2D eigenvalue weighted by Gasteiger charge is -2.38. The highest BCUT2D eigenvalue weighted by atomic mass is 32.2. The molecule has 3 heterocycles. The second-order valence-corrected chi connectivity index (χ2v) is 14.8. The lowest BCUT2D eigenvalue weighted by molar-refractivity contribution is -0.243. The minimum atomic E-state index is -1.49. The Balaban J connectivity index is 1.07. The Kier molecular flexibility index (Phi) is 14.9. The van der Waals surface area contributed by atoms with Crippen LogP contribution in [0.4, 0.5) is 11.6 Å². The van der Waals surface area contributed by atoms with Gasteiger partial charge in [-0.15, -0.1) is 11.8 Å². The van der Waals surface area contributed by atoms with Crippen molar-refractivity contribution in [3.8, 4) is 11.8 Å². The molecule has 2 atom stereocenters. The van der Waals surface area contributed by atoms with Gasteiger partial charge in [-0.05, 0) is 43.5 Å². The predicted molar refractivity (Wildman–Crippen MR) is 214 cm³/mol. The number of nitrogens with two attached hydrogens (primary N) is 1. The van der Waals surface area contributed by atoms with E-state index in [0.717, 1.165) is 11.8 Å². The van der Waals surface area contributed by atoms with E-state index < -0.39 is 53.6 Å². The van der Waals surface area contributed by atoms with Gasteiger partial charge in [0.1, 0.15) is 12.1 Å². The van der Waals surface area contributed by atoms with Crippen LogP contribution in [0.1, 0.15) is 54.6 Å². The number of anilines is 2. The average molecular weight is 855 g/mol. The van der Waals surface area contributed by atoms with E-state index in [0.29, 0.717) is 37.1 Å². The summed E-state index contributed by atoms with van der Waals surface area (Å²) in [6, 6.07) is 4.32. The fourth-order valence-corrected chi connectivity index (χ4v) is 7.46. The fourth-order valence-electron chi connectivity index (χ4n) is 6.46. The number of fused-ring (bicyclic) bond motifs is 1. The van der Waals surface area contributed by atoms with Gasteiger partial charge in [0, 0.05) is 62.4 Å². The van der Waals surface area contributed by atoms with Crippen molar-refractivity contribution in [3.63, 3.8) is 0 Å². The number of methoxy groups -OCH3 is 1. The molecule has 1 aromatic carbocycles. The van der Waals surface area contributed by atoms with E-state index in [2.05, 4.69) is 41.2 Å². The maximum absolute atomic E-state index is 12.9. The normalized spacial score (nSPS) is 17.3. The van der Waals surface area contributed by atoms with E-state index in [-0.39, 0.29) is 83.0 Å². The Morgan fingerprint density at radius 2 is 1.75 bits per heavy atom. The van der Waals surface area contributed by atoms with Gasteiger partial charge in [-0.2, -0.15) is 4.98 Å². The number of thioether (sulfide) groups is 1. The fraction of sp³-hybridized carbons (Fsp3) is 0.432. The van der Waals surface area contributed by atoms with Crippen LogP contribution in [0.2, 0.25) is 0 Å². The van der Waals surface area contributed by atoms with E-state index in [1.165, 1.54) is 36.1 Å². The van der Waals surface area contributed by atoms with E-state index in [1.807, 2.05) is 0 Å². The molecule has 3 amide bonds. The Labute approximate surface area is 345 Å². The number of H-pyrrole nitrogens is 1. The van der Waals surface area contributed by atoms with Crippen molar-refractivity contribution in [1.82, 2.24) is 40.5 Å². The number of nitrogen functional groups attached to an aromatic ring is 1. The number of hydrogen-bond acceptors (Lipinski definition) is 16. The number of nitrogens with zero attached hydrogens (tertiary/aromatic N) is 4. The number of aromatic hydroxyl groups is 2. The zero-order valence-corrected chi connectivity index (χ0v) is 33.4. The van der Waals surface area contributed by atoms with Crippen LogP contribution >= 0.6 is 11.8 Å². The van der Waals surface area contributed by atoms with E-state index >= 15 is 0 Å². The number of carboxylic acid groups (broad SMARTS) is 2. The molecule has 1 fully saturated rings. The van der Waals surface area contributed by atoms with Crippen molar-refractivity contribution >= 4 is 64.2 Å². The van der Waals surface area contributed by atoms with E-state index in [1.54, 1.807) is 19.2 Å². The Morgan fingerprint density at radius 1 is 1.05 bits per heavy atom. The summed E-state index contributed by atoms with van der Waals surface area (Å²) >= 11 is 0.860. The van der Waals surface area contributed by atoms with Gasteiger partial charge in [0.15, 0.2) is 22.8 Å². The molecule has 5 rings (SSSR count). The molecule has 3 aromatic heterocycles. The molecule has 0 unspecified atom stereocenters. The first kappa shape index (κ1) is 44.6. The summed E-state index contributed by atoms with van der Waals surface area (Å²) in [7, 11) is 3.09. The number of rotatable bonds is 20. The van der Waals surface area contributed by atoms with Crippen molar-refractivity contribution in [2.45, 2.75) is 74.4 Å². The summed E-state index contributed by atoms with van der Waals surface area (Å²) in [5.74, 6) is -6.45. The Hall–Kier alpha value is -6.46. The zero-order chi connectivity index (χ0) is 43.6. The van der Waals surface area contributed by atoms with Gasteiger partial charge < -0.3 is 56.9 Å². The monoisotopic (exact) mass is 854 g/mol. The van der Waals surface area contributed by atoms with Crippen molar-refractivity contribution in [2.24, 2.45) is 5.92 Å². The van der Waals surface area contributed by atoms with Crippen LogP contribution in [0.25, 0.3) is 11.2 Å². The highest BCUT2D eigenvalue weighted by molar-refractivity contribution is 7.99. The summed E-state index contributed by atoms with van der Waals surface area (Å²) in [4.78, 5) is 88.6. The lowest BCUT2D eigenvalue weighted by atomic mass is 9.84. The smallest absolute Gasteiger partial charge is 0.327 e. The molecular weight excluding hydrogens is 809 g/mol. The summed E-state index contributed by atoms with van der Waals surface area (Å²) in [5.41, 5.74) is 6.22. The van der Waals surface area contributed by atoms with Crippen LogP contribution < -0.4 is 32.6 Å². The van der Waals surface area contributed by atoms with Crippen LogP contribution in [0.15, 0.2) is 46.2 Å². The van der Waals surface area contributed by atoms with Crippen molar-refractivity contribution < 1.29 is 53.9 Å². The first-order valence-corrected chi connectivity index (χ1v) is 19.7. The summed E-state index contributed by atoms with van der Waals surface area (Å²) in [6.07, 6.45) is 2.70. The van der Waals surface area contributed by atoms with Gasteiger partial charge in [0.25, 0.3) is 11.5 Å². The second kappa shape index (κ2) is 20.0. The maximum Gasteiger partial charge on any atom is 0.327 e. The molecule has 322 valence electrons. The number of aromatic amines is 1. The highest BCUT2D eigenvalue weighted by Gasteiger charge is 2.38. The van der Waals surface area contributed by atoms with Crippen molar-refractivity contribution in [3.05, 3.63) is 58.1 Å². The molecule has 1 aliphatic carbocycles. The third-order valence-electron chi connectivity index (χ3n) is 9.84. The van der Waals surface area contributed by atoms with Crippen LogP contribution in [0.3, 0.4) is 0 Å². The first-order valence-electron chi connectivity index (χ1n) is 18.7. The third kappa shape index (κ3) is 11.4. The molecule has 4 aromatic rings. The predicted octanol–water partition coefficient (Wildman–Crippen LogP) is 0.741. The molecule has 23 heteroatoms. The van der Waals surface area contributed by atoms with Crippen LogP contribution in [0, 0.1) is 5.92 Å². The van der Waals surface area contributed by atoms with Gasteiger partial charge in [-0.25, -0.2) is 19.6 Å². The quantitative estimate of drug-likeness (QED) is 0.0433. The highest BCUT2D eigenvalue weighted by Crippen LogP contribution is 2.38. The molecule has 0 aliphatic heterocycles. The number of amides is 3.